The maximum atomic E-state index is 13.4. The molecule has 1 unspecified atom stereocenters. The van der Waals surface area contributed by atoms with Crippen molar-refractivity contribution in [2.24, 2.45) is 5.73 Å². The highest BCUT2D eigenvalue weighted by molar-refractivity contribution is 5.94. The summed E-state index contributed by atoms with van der Waals surface area (Å²) in [5.41, 5.74) is 5.44. The topological polar surface area (TPSA) is 93.4 Å². The Labute approximate surface area is 122 Å². The van der Waals surface area contributed by atoms with Gasteiger partial charge in [-0.15, -0.1) is 0 Å². The lowest BCUT2D eigenvalue weighted by Crippen LogP contribution is -2.38. The number of rotatable bonds is 7. The summed E-state index contributed by atoms with van der Waals surface area (Å²) in [6, 6.07) is 2.98. The van der Waals surface area contributed by atoms with Crippen molar-refractivity contribution < 1.29 is 18.7 Å². The number of nitrogens with two attached hydrogens (primary N) is 1. The number of carbonyl (C=O) groups is 2. The molecule has 21 heavy (non-hydrogen) atoms. The van der Waals surface area contributed by atoms with Gasteiger partial charge in [0.15, 0.2) is 6.61 Å². The Kier molecular flexibility index (Phi) is 6.61. The summed E-state index contributed by atoms with van der Waals surface area (Å²) < 4.78 is 18.7. The van der Waals surface area contributed by atoms with Crippen LogP contribution >= 0.6 is 0 Å². The van der Waals surface area contributed by atoms with E-state index in [2.05, 4.69) is 5.32 Å². The minimum Gasteiger partial charge on any atom is -0.483 e. The van der Waals surface area contributed by atoms with Crippen LogP contribution in [0.1, 0.15) is 31.9 Å². The third-order valence-electron chi connectivity index (χ3n) is 2.76. The molecular formula is C14H20FN3O3. The van der Waals surface area contributed by atoms with Gasteiger partial charge >= 0.3 is 6.03 Å². The Hall–Kier alpha value is -2.15. The molecule has 0 saturated carbocycles. The number of urea groups is 1. The monoisotopic (exact) mass is 297 g/mol. The van der Waals surface area contributed by atoms with Gasteiger partial charge in [0.05, 0.1) is 0 Å². The Balaban J connectivity index is 2.76. The lowest BCUT2D eigenvalue weighted by atomic mass is 10.1. The van der Waals surface area contributed by atoms with Gasteiger partial charge in [-0.3, -0.25) is 10.1 Å². The first-order chi connectivity index (χ1) is 9.93. The quantitative estimate of drug-likeness (QED) is 0.710. The van der Waals surface area contributed by atoms with Crippen molar-refractivity contribution in [3.05, 3.63) is 29.6 Å². The average Bonchev–Trinajstić information content (AvgIpc) is 2.42. The summed E-state index contributed by atoms with van der Waals surface area (Å²) in [4.78, 5) is 21.9. The third-order valence-corrected chi connectivity index (χ3v) is 2.76. The van der Waals surface area contributed by atoms with Crippen LogP contribution in [0.3, 0.4) is 0 Å². The molecule has 0 saturated heterocycles. The Morgan fingerprint density at radius 2 is 2.14 bits per heavy atom. The largest absolute Gasteiger partial charge is 0.483 e. The maximum absolute atomic E-state index is 13.4. The van der Waals surface area contributed by atoms with Crippen LogP contribution < -0.4 is 21.1 Å². The van der Waals surface area contributed by atoms with E-state index < -0.39 is 11.9 Å². The smallest absolute Gasteiger partial charge is 0.318 e. The van der Waals surface area contributed by atoms with Crippen molar-refractivity contribution in [2.45, 2.75) is 26.3 Å². The number of amides is 3. The first kappa shape index (κ1) is 16.9. The van der Waals surface area contributed by atoms with E-state index in [1.54, 1.807) is 0 Å². The lowest BCUT2D eigenvalue weighted by Gasteiger charge is -2.18. The zero-order valence-corrected chi connectivity index (χ0v) is 12.1. The van der Waals surface area contributed by atoms with Crippen molar-refractivity contribution in [3.63, 3.8) is 0 Å². The van der Waals surface area contributed by atoms with Gasteiger partial charge in [-0.05, 0) is 38.1 Å². The first-order valence-corrected chi connectivity index (χ1v) is 6.69. The summed E-state index contributed by atoms with van der Waals surface area (Å²) in [7, 11) is 0. The number of primary amides is 1. The number of imide groups is 1. The molecule has 0 fully saturated rings. The second-order valence-electron chi connectivity index (χ2n) is 4.56. The summed E-state index contributed by atoms with van der Waals surface area (Å²) in [5, 5.41) is 5.11. The van der Waals surface area contributed by atoms with Crippen LogP contribution in [0.2, 0.25) is 0 Å². The zero-order valence-electron chi connectivity index (χ0n) is 12.1. The number of carbonyl (C=O) groups excluding carboxylic acids is 2. The highest BCUT2D eigenvalue weighted by Gasteiger charge is 2.14. The van der Waals surface area contributed by atoms with E-state index in [4.69, 9.17) is 10.5 Å². The summed E-state index contributed by atoms with van der Waals surface area (Å²) in [6.07, 6.45) is 0.941. The van der Waals surface area contributed by atoms with Crippen LogP contribution in [0.15, 0.2) is 18.2 Å². The van der Waals surface area contributed by atoms with Crippen molar-refractivity contribution in [1.82, 2.24) is 10.6 Å². The van der Waals surface area contributed by atoms with E-state index in [9.17, 15) is 14.0 Å². The average molecular weight is 297 g/mol. The molecular weight excluding hydrogens is 277 g/mol. The molecule has 0 aromatic heterocycles. The van der Waals surface area contributed by atoms with Crippen LogP contribution in [0.25, 0.3) is 0 Å². The van der Waals surface area contributed by atoms with E-state index in [-0.39, 0.29) is 18.5 Å². The van der Waals surface area contributed by atoms with Crippen LogP contribution in [0, 0.1) is 5.82 Å². The Morgan fingerprint density at radius 1 is 1.43 bits per heavy atom. The molecule has 1 aromatic carbocycles. The molecule has 3 amide bonds. The number of halogens is 1. The third kappa shape index (κ3) is 5.78. The number of hydrogen-bond donors (Lipinski definition) is 3. The fourth-order valence-electron chi connectivity index (χ4n) is 1.78. The molecule has 0 heterocycles. The molecule has 4 N–H and O–H groups in total. The fourth-order valence-corrected chi connectivity index (χ4v) is 1.78. The van der Waals surface area contributed by atoms with Crippen molar-refractivity contribution in [2.75, 3.05) is 13.2 Å². The number of nitrogens with one attached hydrogen (secondary N) is 2. The van der Waals surface area contributed by atoms with Crippen LogP contribution in [-0.4, -0.2) is 25.1 Å². The molecule has 6 nitrogen and oxygen atoms in total. The van der Waals surface area contributed by atoms with Crippen molar-refractivity contribution >= 4 is 11.9 Å². The van der Waals surface area contributed by atoms with Gasteiger partial charge in [0, 0.05) is 11.6 Å². The second-order valence-corrected chi connectivity index (χ2v) is 4.56. The molecule has 0 radical (unpaired) electrons. The minimum absolute atomic E-state index is 0.130. The molecule has 1 atom stereocenters. The molecule has 7 heteroatoms. The zero-order chi connectivity index (χ0) is 15.8. The van der Waals surface area contributed by atoms with E-state index in [0.717, 1.165) is 13.0 Å². The molecule has 0 aliphatic carbocycles. The summed E-state index contributed by atoms with van der Waals surface area (Å²) >= 11 is 0. The molecule has 1 rings (SSSR count). The van der Waals surface area contributed by atoms with Crippen LogP contribution in [0.5, 0.6) is 5.75 Å². The summed E-state index contributed by atoms with van der Waals surface area (Å²) in [5.74, 6) is -0.664. The van der Waals surface area contributed by atoms with Gasteiger partial charge in [-0.25, -0.2) is 9.18 Å². The van der Waals surface area contributed by atoms with E-state index >= 15 is 0 Å². The van der Waals surface area contributed by atoms with Gasteiger partial charge in [0.2, 0.25) is 0 Å². The van der Waals surface area contributed by atoms with Crippen molar-refractivity contribution in [1.29, 1.82) is 0 Å². The molecule has 0 aliphatic heterocycles. The summed E-state index contributed by atoms with van der Waals surface area (Å²) in [6.45, 7) is 4.30. The Morgan fingerprint density at radius 3 is 2.76 bits per heavy atom. The van der Waals surface area contributed by atoms with E-state index in [1.165, 1.54) is 18.2 Å². The van der Waals surface area contributed by atoms with Gasteiger partial charge in [0.1, 0.15) is 11.6 Å². The van der Waals surface area contributed by atoms with Crippen LogP contribution in [-0.2, 0) is 4.79 Å². The standard InChI is InChI=1S/C14H20FN3O3/c1-3-6-17-9(2)11-7-10(15)4-5-12(11)21-8-13(19)18-14(16)20/h4-5,7,9,17H,3,6,8H2,1-2H3,(H3,16,18,19,20). The van der Waals surface area contributed by atoms with Gasteiger partial charge in [-0.1, -0.05) is 6.92 Å². The first-order valence-electron chi connectivity index (χ1n) is 6.69. The number of hydrogen-bond acceptors (Lipinski definition) is 4. The highest BCUT2D eigenvalue weighted by atomic mass is 19.1. The molecule has 1 aromatic rings. The predicted molar refractivity (Wildman–Crippen MR) is 76.3 cm³/mol. The molecule has 0 bridgehead atoms. The second kappa shape index (κ2) is 8.21. The number of ether oxygens (including phenoxy) is 1. The molecule has 0 aliphatic rings. The van der Waals surface area contributed by atoms with Gasteiger partial charge in [0.25, 0.3) is 5.91 Å². The molecule has 0 spiro atoms. The number of benzene rings is 1. The fraction of sp³-hybridized carbons (Fsp3) is 0.429. The Bertz CT molecular complexity index is 508. The predicted octanol–water partition coefficient (Wildman–Crippen LogP) is 1.46. The highest BCUT2D eigenvalue weighted by Crippen LogP contribution is 2.26. The lowest BCUT2D eigenvalue weighted by molar-refractivity contribution is -0.121. The minimum atomic E-state index is -0.944. The van der Waals surface area contributed by atoms with Gasteiger partial charge in [-0.2, -0.15) is 0 Å². The van der Waals surface area contributed by atoms with Crippen LogP contribution in [0.4, 0.5) is 9.18 Å². The van der Waals surface area contributed by atoms with E-state index in [0.29, 0.717) is 11.3 Å². The van der Waals surface area contributed by atoms with Gasteiger partial charge < -0.3 is 15.8 Å². The molecule has 116 valence electrons. The normalized spacial score (nSPS) is 11.8. The van der Waals surface area contributed by atoms with Crippen molar-refractivity contribution in [3.8, 4) is 5.75 Å². The maximum Gasteiger partial charge on any atom is 0.318 e. The van der Waals surface area contributed by atoms with E-state index in [1.807, 2.05) is 19.2 Å². The SMILES string of the molecule is CCCNC(C)c1cc(F)ccc1OCC(=O)NC(N)=O.